The number of rotatable bonds is 3. The lowest BCUT2D eigenvalue weighted by Gasteiger charge is -2.06. The number of aromatic nitrogens is 1. The van der Waals surface area contributed by atoms with Crippen LogP contribution in [-0.4, -0.2) is 22.1 Å². The van der Waals surface area contributed by atoms with E-state index in [0.717, 1.165) is 11.3 Å². The van der Waals surface area contributed by atoms with Crippen molar-refractivity contribution in [3.05, 3.63) is 40.5 Å². The topological polar surface area (TPSA) is 91.3 Å². The van der Waals surface area contributed by atoms with Crippen molar-refractivity contribution in [2.45, 2.75) is 0 Å². The molecule has 2 heterocycles. The quantitative estimate of drug-likeness (QED) is 0.759. The number of halogens is 1. The molecule has 0 aliphatic carbocycles. The van der Waals surface area contributed by atoms with Crippen LogP contribution >= 0.6 is 22.9 Å². The van der Waals surface area contributed by atoms with Crippen LogP contribution in [0.25, 0.3) is 0 Å². The van der Waals surface area contributed by atoms with Crippen LogP contribution in [0, 0.1) is 0 Å². The lowest BCUT2D eigenvalue weighted by molar-refractivity contribution is 0.0698. The summed E-state index contributed by atoms with van der Waals surface area (Å²) in [7, 11) is 0. The Morgan fingerprint density at radius 1 is 1.26 bits per heavy atom. The molecule has 0 unspecified atom stereocenters. The summed E-state index contributed by atoms with van der Waals surface area (Å²) >= 11 is 6.75. The Labute approximate surface area is 117 Å². The summed E-state index contributed by atoms with van der Waals surface area (Å²) in [6, 6.07) is 3.99. The van der Waals surface area contributed by atoms with E-state index in [2.05, 4.69) is 15.6 Å². The van der Waals surface area contributed by atoms with Gasteiger partial charge in [-0.3, -0.25) is 5.32 Å². The van der Waals surface area contributed by atoms with Gasteiger partial charge >= 0.3 is 12.0 Å². The summed E-state index contributed by atoms with van der Waals surface area (Å²) in [5.74, 6) is -1.09. The van der Waals surface area contributed by atoms with Gasteiger partial charge in [0.2, 0.25) is 0 Å². The summed E-state index contributed by atoms with van der Waals surface area (Å²) in [5, 5.41) is 16.0. The molecular formula is C11H8ClN3O3S. The van der Waals surface area contributed by atoms with E-state index in [1.165, 1.54) is 18.3 Å². The fraction of sp³-hybridized carbons (Fsp3) is 0. The van der Waals surface area contributed by atoms with E-state index < -0.39 is 12.0 Å². The number of nitrogens with zero attached hydrogens (tertiary/aromatic N) is 1. The Morgan fingerprint density at radius 2 is 2.05 bits per heavy atom. The average molecular weight is 298 g/mol. The maximum absolute atomic E-state index is 11.7. The number of carbonyl (C=O) groups excluding carboxylic acids is 1. The molecule has 0 atom stereocenters. The zero-order chi connectivity index (χ0) is 13.8. The summed E-state index contributed by atoms with van der Waals surface area (Å²) in [6.07, 6.45) is 1.40. The van der Waals surface area contributed by atoms with Crippen LogP contribution in [0.3, 0.4) is 0 Å². The molecular weight excluding hydrogens is 290 g/mol. The molecule has 0 bridgehead atoms. The Hall–Kier alpha value is -2.12. The monoisotopic (exact) mass is 297 g/mol. The van der Waals surface area contributed by atoms with Gasteiger partial charge in [-0.05, 0) is 23.6 Å². The molecule has 2 aromatic heterocycles. The normalized spacial score (nSPS) is 9.95. The molecule has 0 saturated carbocycles. The number of urea groups is 1. The minimum atomic E-state index is -1.09. The highest BCUT2D eigenvalue weighted by atomic mass is 35.5. The second-order valence-electron chi connectivity index (χ2n) is 3.42. The molecule has 6 nitrogen and oxygen atoms in total. The summed E-state index contributed by atoms with van der Waals surface area (Å²) in [6.45, 7) is 0. The largest absolute Gasteiger partial charge is 0.478 e. The van der Waals surface area contributed by atoms with E-state index in [4.69, 9.17) is 16.7 Å². The standard InChI is InChI=1S/C11H8ClN3O3S/c12-8-2-1-6(5-13-8)14-11(18)15-9-7(10(16)17)3-4-19-9/h1-5H,(H,16,17)(H2,14,15,18). The minimum absolute atomic E-state index is 0.0504. The lowest BCUT2D eigenvalue weighted by Crippen LogP contribution is -2.20. The number of amides is 2. The third-order valence-corrected chi connectivity index (χ3v) is 3.16. The Bertz CT molecular complexity index is 612. The van der Waals surface area contributed by atoms with E-state index >= 15 is 0 Å². The molecule has 8 heteroatoms. The van der Waals surface area contributed by atoms with Crippen LogP contribution in [0.5, 0.6) is 0 Å². The van der Waals surface area contributed by atoms with Crippen molar-refractivity contribution in [3.8, 4) is 0 Å². The van der Waals surface area contributed by atoms with E-state index in [1.54, 1.807) is 11.4 Å². The first-order chi connectivity index (χ1) is 9.06. The zero-order valence-electron chi connectivity index (χ0n) is 9.38. The Balaban J connectivity index is 2.03. The number of carboxylic acid groups (broad SMARTS) is 1. The van der Waals surface area contributed by atoms with Gasteiger partial charge in [0.15, 0.2) is 0 Å². The van der Waals surface area contributed by atoms with Crippen LogP contribution in [0.1, 0.15) is 10.4 Å². The average Bonchev–Trinajstić information content (AvgIpc) is 2.80. The van der Waals surface area contributed by atoms with Crippen LogP contribution in [-0.2, 0) is 0 Å². The van der Waals surface area contributed by atoms with Gasteiger partial charge in [-0.1, -0.05) is 11.6 Å². The molecule has 0 aliphatic rings. The molecule has 0 saturated heterocycles. The number of thiophene rings is 1. The van der Waals surface area contributed by atoms with Crippen LogP contribution in [0.4, 0.5) is 15.5 Å². The van der Waals surface area contributed by atoms with Gasteiger partial charge in [0.1, 0.15) is 10.2 Å². The number of anilines is 2. The molecule has 3 N–H and O–H groups in total. The van der Waals surface area contributed by atoms with Crippen molar-refractivity contribution in [2.24, 2.45) is 0 Å². The summed E-state index contributed by atoms with van der Waals surface area (Å²) in [4.78, 5) is 26.3. The number of nitrogens with one attached hydrogen (secondary N) is 2. The SMILES string of the molecule is O=C(Nc1ccc(Cl)nc1)Nc1sccc1C(=O)O. The van der Waals surface area contributed by atoms with Gasteiger partial charge in [-0.15, -0.1) is 11.3 Å². The predicted molar refractivity (Wildman–Crippen MR) is 73.2 cm³/mol. The number of hydrogen-bond donors (Lipinski definition) is 3. The third-order valence-electron chi connectivity index (χ3n) is 2.11. The van der Waals surface area contributed by atoms with Gasteiger partial charge in [0, 0.05) is 0 Å². The summed E-state index contributed by atoms with van der Waals surface area (Å²) < 4.78 is 0. The van der Waals surface area contributed by atoms with Crippen molar-refractivity contribution < 1.29 is 14.7 Å². The smallest absolute Gasteiger partial charge is 0.338 e. The number of pyridine rings is 1. The molecule has 2 amide bonds. The Morgan fingerprint density at radius 3 is 2.68 bits per heavy atom. The van der Waals surface area contributed by atoms with Gasteiger partial charge in [-0.2, -0.15) is 0 Å². The molecule has 98 valence electrons. The van der Waals surface area contributed by atoms with Crippen molar-refractivity contribution >= 4 is 45.6 Å². The van der Waals surface area contributed by atoms with Gasteiger partial charge < -0.3 is 10.4 Å². The highest BCUT2D eigenvalue weighted by Gasteiger charge is 2.13. The minimum Gasteiger partial charge on any atom is -0.478 e. The van der Waals surface area contributed by atoms with Crippen molar-refractivity contribution in [1.29, 1.82) is 0 Å². The van der Waals surface area contributed by atoms with Gasteiger partial charge in [0.25, 0.3) is 0 Å². The zero-order valence-corrected chi connectivity index (χ0v) is 11.0. The van der Waals surface area contributed by atoms with Crippen LogP contribution in [0.2, 0.25) is 5.15 Å². The number of carbonyl (C=O) groups is 2. The van der Waals surface area contributed by atoms with Gasteiger partial charge in [0.05, 0.1) is 17.4 Å². The predicted octanol–water partition coefficient (Wildman–Crippen LogP) is 3.14. The first-order valence-corrected chi connectivity index (χ1v) is 6.32. The lowest BCUT2D eigenvalue weighted by atomic mass is 10.3. The second-order valence-corrected chi connectivity index (χ2v) is 4.72. The fourth-order valence-corrected chi connectivity index (χ4v) is 2.18. The molecule has 0 spiro atoms. The molecule has 19 heavy (non-hydrogen) atoms. The fourth-order valence-electron chi connectivity index (χ4n) is 1.29. The van der Waals surface area contributed by atoms with E-state index in [1.807, 2.05) is 0 Å². The highest BCUT2D eigenvalue weighted by Crippen LogP contribution is 2.23. The number of aromatic carboxylic acids is 1. The molecule has 0 radical (unpaired) electrons. The summed E-state index contributed by atoms with van der Waals surface area (Å²) in [5.41, 5.74) is 0.504. The maximum Gasteiger partial charge on any atom is 0.338 e. The molecule has 2 rings (SSSR count). The Kier molecular flexibility index (Phi) is 3.98. The molecule has 2 aromatic rings. The first-order valence-electron chi connectivity index (χ1n) is 5.06. The van der Waals surface area contributed by atoms with Crippen molar-refractivity contribution in [1.82, 2.24) is 4.98 Å². The van der Waals surface area contributed by atoms with Crippen molar-refractivity contribution in [2.75, 3.05) is 10.6 Å². The van der Waals surface area contributed by atoms with E-state index in [9.17, 15) is 9.59 Å². The number of carboxylic acids is 1. The van der Waals surface area contributed by atoms with Gasteiger partial charge in [-0.25, -0.2) is 14.6 Å². The third kappa shape index (κ3) is 3.43. The maximum atomic E-state index is 11.7. The van der Waals surface area contributed by atoms with E-state index in [-0.39, 0.29) is 10.6 Å². The van der Waals surface area contributed by atoms with Crippen LogP contribution in [0.15, 0.2) is 29.8 Å². The van der Waals surface area contributed by atoms with E-state index in [0.29, 0.717) is 10.8 Å². The highest BCUT2D eigenvalue weighted by molar-refractivity contribution is 7.14. The molecule has 0 aromatic carbocycles. The van der Waals surface area contributed by atoms with Crippen LogP contribution < -0.4 is 10.6 Å². The molecule has 0 aliphatic heterocycles. The second kappa shape index (κ2) is 5.68. The first kappa shape index (κ1) is 13.3. The number of hydrogen-bond acceptors (Lipinski definition) is 4. The van der Waals surface area contributed by atoms with Crippen molar-refractivity contribution in [3.63, 3.8) is 0 Å². The molecule has 0 fully saturated rings.